The maximum Gasteiger partial charge on any atom is 0.414 e. The Hall–Kier alpha value is -3.13. The monoisotopic (exact) mass is 551 g/mol. The highest BCUT2D eigenvalue weighted by Gasteiger charge is 2.44. The summed E-state index contributed by atoms with van der Waals surface area (Å²) in [5.41, 5.74) is 1.18. The highest BCUT2D eigenvalue weighted by atomic mass is 32.2. The van der Waals surface area contributed by atoms with Gasteiger partial charge in [-0.15, -0.1) is 0 Å². The Kier molecular flexibility index (Phi) is 9.18. The quantitative estimate of drug-likeness (QED) is 0.457. The number of sulfonamides is 1. The summed E-state index contributed by atoms with van der Waals surface area (Å²) >= 11 is -1.35. The van der Waals surface area contributed by atoms with Crippen molar-refractivity contribution in [3.8, 4) is 5.75 Å². The van der Waals surface area contributed by atoms with Crippen molar-refractivity contribution in [3.63, 3.8) is 0 Å². The lowest BCUT2D eigenvalue weighted by Gasteiger charge is -2.33. The molecule has 0 spiro atoms. The second kappa shape index (κ2) is 11.9. The molecule has 1 heterocycles. The molecule has 0 aromatic heterocycles. The highest BCUT2D eigenvalue weighted by molar-refractivity contribution is 7.91. The van der Waals surface area contributed by atoms with Crippen LogP contribution in [0.3, 0.4) is 0 Å². The lowest BCUT2D eigenvalue weighted by atomic mass is 10.1. The van der Waals surface area contributed by atoms with Crippen molar-refractivity contribution in [3.05, 3.63) is 59.7 Å². The van der Waals surface area contributed by atoms with Crippen LogP contribution in [0.1, 0.15) is 11.1 Å². The molecule has 3 atom stereocenters. The van der Waals surface area contributed by atoms with Gasteiger partial charge >= 0.3 is 12.1 Å². The lowest BCUT2D eigenvalue weighted by Crippen LogP contribution is -2.59. The van der Waals surface area contributed by atoms with Gasteiger partial charge in [0.1, 0.15) is 29.3 Å². The van der Waals surface area contributed by atoms with E-state index in [1.165, 1.54) is 55.4 Å². The van der Waals surface area contributed by atoms with E-state index < -0.39 is 51.3 Å². The smallest absolute Gasteiger partial charge is 0.414 e. The zero-order valence-electron chi connectivity index (χ0n) is 20.6. The second-order valence-electron chi connectivity index (χ2n) is 8.73. The van der Waals surface area contributed by atoms with Crippen LogP contribution in [0.2, 0.25) is 0 Å². The van der Waals surface area contributed by atoms with Gasteiger partial charge in [0, 0.05) is 27.1 Å². The summed E-state index contributed by atoms with van der Waals surface area (Å²) in [6.45, 7) is 1.99. The van der Waals surface area contributed by atoms with Gasteiger partial charge in [0.05, 0.1) is 4.90 Å². The summed E-state index contributed by atoms with van der Waals surface area (Å²) in [6, 6.07) is 8.68. The first-order chi connectivity index (χ1) is 17.4. The molecule has 13 heteroatoms. The van der Waals surface area contributed by atoms with Crippen LogP contribution in [0.4, 0.5) is 4.79 Å². The van der Waals surface area contributed by atoms with Gasteiger partial charge in [-0.3, -0.25) is 10.1 Å². The molecule has 0 bridgehead atoms. The van der Waals surface area contributed by atoms with Crippen molar-refractivity contribution in [2.75, 3.05) is 32.1 Å². The zero-order valence-corrected chi connectivity index (χ0v) is 22.3. The third-order valence-electron chi connectivity index (χ3n) is 5.66. The molecule has 0 radical (unpaired) electrons. The molecule has 11 nitrogen and oxygen atoms in total. The van der Waals surface area contributed by atoms with Gasteiger partial charge in [0.25, 0.3) is 15.9 Å². The molecule has 0 saturated carbocycles. The van der Waals surface area contributed by atoms with Crippen LogP contribution < -0.4 is 10.1 Å². The van der Waals surface area contributed by atoms with E-state index in [0.29, 0.717) is 15.6 Å². The molecule has 1 aliphatic heterocycles. The van der Waals surface area contributed by atoms with Gasteiger partial charge in [-0.2, -0.15) is 0 Å². The standard InChI is InChI=1S/C24H29N3O8S2/c1-16-4-10-19(11-5-16)37(33,34)27(22(28)20-15-36(32)13-12-25-20)21(23(29)30)14-17-6-8-18(9-7-17)35-24(31)26(2)3/h4-11,20-21,25H,12-15H2,1-3H3,(H,29,30)/t20?,21-,36?/m0/s1. The normalized spacial score (nSPS) is 18.5. The SMILES string of the molecule is Cc1ccc(S(=O)(=O)N(C(=O)C2C[S+]([O-])CCN2)[C@@H](Cc2ccc(OC(=O)N(C)C)cc2)C(=O)O)cc1. The van der Waals surface area contributed by atoms with E-state index in [9.17, 15) is 32.5 Å². The number of rotatable bonds is 8. The molecule has 2 aromatic carbocycles. The van der Waals surface area contributed by atoms with Crippen LogP contribution >= 0.6 is 0 Å². The molecular weight excluding hydrogens is 522 g/mol. The fourth-order valence-electron chi connectivity index (χ4n) is 3.63. The molecule has 1 fully saturated rings. The number of ether oxygens (including phenoxy) is 1. The van der Waals surface area contributed by atoms with Crippen LogP contribution in [0, 0.1) is 6.92 Å². The first-order valence-corrected chi connectivity index (χ1v) is 14.3. The molecule has 1 saturated heterocycles. The maximum absolute atomic E-state index is 13.7. The number of carbonyl (C=O) groups excluding carboxylic acids is 2. The Labute approximate surface area is 218 Å². The van der Waals surface area contributed by atoms with Crippen LogP contribution in [0.5, 0.6) is 5.75 Å². The number of carboxylic acids is 1. The molecule has 2 aromatic rings. The third-order valence-corrected chi connectivity index (χ3v) is 8.84. The van der Waals surface area contributed by atoms with Crippen LogP contribution in [-0.4, -0.2) is 89.5 Å². The zero-order chi connectivity index (χ0) is 27.3. The number of hydrogen-bond acceptors (Lipinski definition) is 8. The minimum Gasteiger partial charge on any atom is -0.616 e. The largest absolute Gasteiger partial charge is 0.616 e. The fraction of sp³-hybridized carbons (Fsp3) is 0.375. The molecule has 1 aliphatic rings. The molecule has 2 amide bonds. The second-order valence-corrected chi connectivity index (χ2v) is 12.2. The average molecular weight is 552 g/mol. The first kappa shape index (κ1) is 28.4. The number of carbonyl (C=O) groups is 3. The number of benzene rings is 2. The molecule has 0 aliphatic carbocycles. The first-order valence-electron chi connectivity index (χ1n) is 11.3. The van der Waals surface area contributed by atoms with Crippen molar-refractivity contribution in [2.45, 2.75) is 30.3 Å². The molecule has 2 unspecified atom stereocenters. The van der Waals surface area contributed by atoms with E-state index in [1.54, 1.807) is 19.1 Å². The lowest BCUT2D eigenvalue weighted by molar-refractivity contribution is -0.146. The number of carboxylic acid groups (broad SMARTS) is 1. The number of aliphatic carboxylic acids is 1. The minimum absolute atomic E-state index is 0.128. The molecule has 37 heavy (non-hydrogen) atoms. The Morgan fingerprint density at radius 2 is 1.76 bits per heavy atom. The van der Waals surface area contributed by atoms with E-state index in [4.69, 9.17) is 4.74 Å². The van der Waals surface area contributed by atoms with Crippen LogP contribution in [-0.2, 0) is 37.2 Å². The number of amides is 2. The van der Waals surface area contributed by atoms with Gasteiger partial charge in [-0.25, -0.2) is 22.3 Å². The highest BCUT2D eigenvalue weighted by Crippen LogP contribution is 2.24. The predicted molar refractivity (Wildman–Crippen MR) is 136 cm³/mol. The Morgan fingerprint density at radius 1 is 1.14 bits per heavy atom. The number of hydrogen-bond donors (Lipinski definition) is 2. The van der Waals surface area contributed by atoms with Gasteiger partial charge in [0.2, 0.25) is 0 Å². The third kappa shape index (κ3) is 7.01. The van der Waals surface area contributed by atoms with E-state index in [0.717, 1.165) is 5.56 Å². The van der Waals surface area contributed by atoms with E-state index in [-0.39, 0.29) is 29.4 Å². The number of nitrogens with zero attached hydrogens (tertiary/aromatic N) is 2. The van der Waals surface area contributed by atoms with Crippen LogP contribution in [0.15, 0.2) is 53.4 Å². The van der Waals surface area contributed by atoms with Crippen molar-refractivity contribution in [1.82, 2.24) is 14.5 Å². The van der Waals surface area contributed by atoms with Crippen molar-refractivity contribution < 1.29 is 37.2 Å². The van der Waals surface area contributed by atoms with Gasteiger partial charge < -0.3 is 19.3 Å². The maximum atomic E-state index is 13.7. The van der Waals surface area contributed by atoms with Crippen molar-refractivity contribution in [1.29, 1.82) is 0 Å². The average Bonchev–Trinajstić information content (AvgIpc) is 2.84. The van der Waals surface area contributed by atoms with E-state index in [1.807, 2.05) is 0 Å². The summed E-state index contributed by atoms with van der Waals surface area (Å²) in [4.78, 5) is 38.7. The topological polar surface area (TPSA) is 156 Å². The van der Waals surface area contributed by atoms with Crippen molar-refractivity contribution in [2.24, 2.45) is 0 Å². The number of aryl methyl sites for hydroxylation is 1. The summed E-state index contributed by atoms with van der Waals surface area (Å²) in [5.74, 6) is -2.12. The minimum atomic E-state index is -4.59. The summed E-state index contributed by atoms with van der Waals surface area (Å²) in [5, 5.41) is 12.9. The summed E-state index contributed by atoms with van der Waals surface area (Å²) in [7, 11) is -1.56. The van der Waals surface area contributed by atoms with Crippen LogP contribution in [0.25, 0.3) is 0 Å². The predicted octanol–water partition coefficient (Wildman–Crippen LogP) is 0.989. The van der Waals surface area contributed by atoms with E-state index in [2.05, 4.69) is 5.32 Å². The summed E-state index contributed by atoms with van der Waals surface area (Å²) in [6.07, 6.45) is -0.946. The van der Waals surface area contributed by atoms with Gasteiger partial charge in [0.15, 0.2) is 0 Å². The van der Waals surface area contributed by atoms with Gasteiger partial charge in [-0.05, 0) is 36.8 Å². The molecule has 200 valence electrons. The Bertz CT molecular complexity index is 1230. The Morgan fingerprint density at radius 3 is 2.30 bits per heavy atom. The van der Waals surface area contributed by atoms with Gasteiger partial charge in [-0.1, -0.05) is 41.0 Å². The molecular formula is C24H29N3O8S2. The molecule has 2 N–H and O–H groups in total. The molecule has 3 rings (SSSR count). The van der Waals surface area contributed by atoms with E-state index >= 15 is 0 Å². The Balaban J connectivity index is 1.98. The fourth-order valence-corrected chi connectivity index (χ4v) is 6.35. The number of nitrogens with one attached hydrogen (secondary N) is 1. The van der Waals surface area contributed by atoms with Crippen molar-refractivity contribution >= 4 is 39.2 Å². The summed E-state index contributed by atoms with van der Waals surface area (Å²) < 4.78 is 45.0.